The molecule has 3 heterocycles. The largest absolute Gasteiger partial charge is 0.496 e. The number of nitrogens with zero attached hydrogens (tertiary/aromatic N) is 4. The summed E-state index contributed by atoms with van der Waals surface area (Å²) in [4.78, 5) is 13.4. The number of aromatic nitrogens is 4. The van der Waals surface area contributed by atoms with Crippen LogP contribution in [0.3, 0.4) is 0 Å². The summed E-state index contributed by atoms with van der Waals surface area (Å²) in [6, 6.07) is 13.9. The second-order valence-corrected chi connectivity index (χ2v) is 7.31. The molecule has 0 unspecified atom stereocenters. The van der Waals surface area contributed by atoms with Gasteiger partial charge in [-0.15, -0.1) is 0 Å². The van der Waals surface area contributed by atoms with Crippen LogP contribution in [-0.2, 0) is 7.05 Å². The molecule has 32 heavy (non-hydrogen) atoms. The number of anilines is 2. The molecule has 0 spiro atoms. The van der Waals surface area contributed by atoms with E-state index in [1.54, 1.807) is 38.6 Å². The maximum absolute atomic E-state index is 13.3. The van der Waals surface area contributed by atoms with Gasteiger partial charge in [-0.1, -0.05) is 0 Å². The van der Waals surface area contributed by atoms with E-state index in [1.807, 2.05) is 35.9 Å². The number of pyridine rings is 1. The summed E-state index contributed by atoms with van der Waals surface area (Å²) in [6.45, 7) is 1.80. The van der Waals surface area contributed by atoms with Crippen molar-refractivity contribution in [3.63, 3.8) is 0 Å². The second kappa shape index (κ2) is 7.81. The zero-order valence-corrected chi connectivity index (χ0v) is 17.8. The van der Waals surface area contributed by atoms with Gasteiger partial charge in [-0.25, -0.2) is 19.3 Å². The predicted octanol–water partition coefficient (Wildman–Crippen LogP) is 5.49. The number of methoxy groups -OCH3 is 1. The van der Waals surface area contributed by atoms with Gasteiger partial charge in [-0.2, -0.15) is 0 Å². The number of nitrogens with one attached hydrogen (secondary N) is 1. The minimum Gasteiger partial charge on any atom is -0.496 e. The Labute approximate surface area is 183 Å². The SMILES string of the molecule is COc1cc(Nc2nccc3c2nc(-c2ccc(F)cc2)n3C)ccc1-c1cnc(C)o1. The highest BCUT2D eigenvalue weighted by Gasteiger charge is 2.16. The lowest BCUT2D eigenvalue weighted by molar-refractivity contribution is 0.414. The van der Waals surface area contributed by atoms with E-state index in [-0.39, 0.29) is 5.82 Å². The van der Waals surface area contributed by atoms with Crippen LogP contribution in [-0.4, -0.2) is 26.6 Å². The van der Waals surface area contributed by atoms with Crippen molar-refractivity contribution in [2.75, 3.05) is 12.4 Å². The zero-order chi connectivity index (χ0) is 22.2. The molecule has 0 amide bonds. The number of hydrogen-bond acceptors (Lipinski definition) is 6. The molecule has 5 rings (SSSR count). The number of ether oxygens (including phenoxy) is 1. The van der Waals surface area contributed by atoms with E-state index in [1.165, 1.54) is 12.1 Å². The fraction of sp³-hybridized carbons (Fsp3) is 0.125. The molecule has 0 fully saturated rings. The number of halogens is 1. The summed E-state index contributed by atoms with van der Waals surface area (Å²) in [6.07, 6.45) is 3.40. The standard InChI is InChI=1S/C24H20FN5O2/c1-14-27-13-21(32-14)18-9-8-17(12-20(18)31-3)28-23-22-19(10-11-26-23)30(2)24(29-22)15-4-6-16(25)7-5-15/h4-13H,1-3H3,(H,26,28). The Kier molecular flexibility index (Phi) is 4.82. The van der Waals surface area contributed by atoms with Gasteiger partial charge in [0.25, 0.3) is 0 Å². The average Bonchev–Trinajstić information content (AvgIpc) is 3.38. The zero-order valence-electron chi connectivity index (χ0n) is 17.8. The Hall–Kier alpha value is -4.20. The molecule has 0 radical (unpaired) electrons. The number of benzene rings is 2. The molecule has 0 saturated carbocycles. The molecule has 3 aromatic heterocycles. The van der Waals surface area contributed by atoms with Gasteiger partial charge in [0.05, 0.1) is 24.4 Å². The van der Waals surface area contributed by atoms with Crippen molar-refractivity contribution < 1.29 is 13.5 Å². The molecule has 0 atom stereocenters. The maximum Gasteiger partial charge on any atom is 0.191 e. The van der Waals surface area contributed by atoms with E-state index < -0.39 is 0 Å². The lowest BCUT2D eigenvalue weighted by atomic mass is 10.1. The van der Waals surface area contributed by atoms with Crippen LogP contribution in [0.5, 0.6) is 5.75 Å². The van der Waals surface area contributed by atoms with Gasteiger partial charge in [0.1, 0.15) is 22.9 Å². The van der Waals surface area contributed by atoms with Crippen molar-refractivity contribution >= 4 is 22.5 Å². The van der Waals surface area contributed by atoms with Crippen LogP contribution in [0, 0.1) is 12.7 Å². The molecule has 5 aromatic rings. The van der Waals surface area contributed by atoms with Crippen molar-refractivity contribution in [2.45, 2.75) is 6.92 Å². The van der Waals surface area contributed by atoms with Gasteiger partial charge in [-0.05, 0) is 42.5 Å². The summed E-state index contributed by atoms with van der Waals surface area (Å²) in [5, 5.41) is 3.33. The molecular formula is C24H20FN5O2. The minimum atomic E-state index is -0.283. The number of fused-ring (bicyclic) bond motifs is 1. The van der Waals surface area contributed by atoms with Gasteiger partial charge >= 0.3 is 0 Å². The van der Waals surface area contributed by atoms with Crippen LogP contribution in [0.25, 0.3) is 33.7 Å². The molecule has 0 aliphatic carbocycles. The first-order valence-electron chi connectivity index (χ1n) is 9.98. The molecule has 8 heteroatoms. The summed E-state index contributed by atoms with van der Waals surface area (Å²) in [5.41, 5.74) is 4.03. The fourth-order valence-electron chi connectivity index (χ4n) is 3.66. The van der Waals surface area contributed by atoms with Crippen molar-refractivity contribution in [2.24, 2.45) is 7.05 Å². The van der Waals surface area contributed by atoms with Crippen LogP contribution < -0.4 is 10.1 Å². The number of aryl methyl sites for hydroxylation is 2. The number of rotatable bonds is 5. The highest BCUT2D eigenvalue weighted by molar-refractivity contribution is 5.91. The van der Waals surface area contributed by atoms with Gasteiger partial charge in [0, 0.05) is 37.5 Å². The smallest absolute Gasteiger partial charge is 0.191 e. The van der Waals surface area contributed by atoms with E-state index in [2.05, 4.69) is 15.3 Å². The first-order valence-corrected chi connectivity index (χ1v) is 9.98. The third-order valence-electron chi connectivity index (χ3n) is 5.25. The monoisotopic (exact) mass is 429 g/mol. The van der Waals surface area contributed by atoms with E-state index >= 15 is 0 Å². The van der Waals surface area contributed by atoms with Crippen LogP contribution in [0.15, 0.2) is 65.3 Å². The number of imidazole rings is 1. The first-order chi connectivity index (χ1) is 15.5. The number of hydrogen-bond donors (Lipinski definition) is 1. The molecule has 0 aliphatic rings. The normalized spacial score (nSPS) is 11.1. The average molecular weight is 429 g/mol. The van der Waals surface area contributed by atoms with Crippen molar-refractivity contribution in [3.8, 4) is 28.5 Å². The molecular weight excluding hydrogens is 409 g/mol. The van der Waals surface area contributed by atoms with Crippen molar-refractivity contribution in [1.29, 1.82) is 0 Å². The molecule has 2 aromatic carbocycles. The summed E-state index contributed by atoms with van der Waals surface area (Å²) >= 11 is 0. The quantitative estimate of drug-likeness (QED) is 0.398. The van der Waals surface area contributed by atoms with Crippen LogP contribution in [0.4, 0.5) is 15.9 Å². The Morgan fingerprint density at radius 1 is 1.06 bits per heavy atom. The van der Waals surface area contributed by atoms with Crippen LogP contribution in [0.1, 0.15) is 5.89 Å². The molecule has 0 saturated heterocycles. The lowest BCUT2D eigenvalue weighted by Gasteiger charge is -2.11. The Morgan fingerprint density at radius 2 is 1.88 bits per heavy atom. The van der Waals surface area contributed by atoms with Crippen LogP contribution in [0.2, 0.25) is 0 Å². The maximum atomic E-state index is 13.3. The third kappa shape index (κ3) is 3.45. The predicted molar refractivity (Wildman–Crippen MR) is 120 cm³/mol. The topological polar surface area (TPSA) is 78.0 Å². The van der Waals surface area contributed by atoms with Crippen LogP contribution >= 0.6 is 0 Å². The summed E-state index contributed by atoms with van der Waals surface area (Å²) in [5.74, 6) is 2.93. The van der Waals surface area contributed by atoms with E-state index in [9.17, 15) is 4.39 Å². The lowest BCUT2D eigenvalue weighted by Crippen LogP contribution is -1.96. The van der Waals surface area contributed by atoms with Gasteiger partial charge in [0.15, 0.2) is 17.5 Å². The highest BCUT2D eigenvalue weighted by atomic mass is 19.1. The molecule has 0 aliphatic heterocycles. The van der Waals surface area contributed by atoms with Gasteiger partial charge < -0.3 is 19.0 Å². The number of oxazole rings is 1. The third-order valence-corrected chi connectivity index (χ3v) is 5.25. The second-order valence-electron chi connectivity index (χ2n) is 7.31. The van der Waals surface area contributed by atoms with E-state index in [0.717, 1.165) is 28.2 Å². The van der Waals surface area contributed by atoms with Gasteiger partial charge in [0.2, 0.25) is 0 Å². The molecule has 0 bridgehead atoms. The van der Waals surface area contributed by atoms with E-state index in [0.29, 0.717) is 28.7 Å². The van der Waals surface area contributed by atoms with E-state index in [4.69, 9.17) is 14.1 Å². The van der Waals surface area contributed by atoms with Crippen molar-refractivity contribution in [3.05, 3.63) is 72.6 Å². The Bertz CT molecular complexity index is 1420. The molecule has 7 nitrogen and oxygen atoms in total. The fourth-order valence-corrected chi connectivity index (χ4v) is 3.66. The Morgan fingerprint density at radius 3 is 2.59 bits per heavy atom. The minimum absolute atomic E-state index is 0.283. The highest BCUT2D eigenvalue weighted by Crippen LogP contribution is 2.35. The van der Waals surface area contributed by atoms with Gasteiger partial charge in [-0.3, -0.25) is 0 Å². The first kappa shape index (κ1) is 19.7. The summed E-state index contributed by atoms with van der Waals surface area (Å²) in [7, 11) is 3.54. The molecule has 160 valence electrons. The van der Waals surface area contributed by atoms with Crippen molar-refractivity contribution in [1.82, 2.24) is 19.5 Å². The summed E-state index contributed by atoms with van der Waals surface area (Å²) < 4.78 is 26.5. The Balaban J connectivity index is 1.53. The molecule has 1 N–H and O–H groups in total.